The van der Waals surface area contributed by atoms with E-state index in [9.17, 15) is 4.79 Å². The molecule has 156 valence electrons. The summed E-state index contributed by atoms with van der Waals surface area (Å²) >= 11 is 0. The van der Waals surface area contributed by atoms with E-state index in [0.717, 1.165) is 35.1 Å². The van der Waals surface area contributed by atoms with Gasteiger partial charge < -0.3 is 23.7 Å². The highest BCUT2D eigenvalue weighted by atomic mass is 16.5. The molecule has 0 N–H and O–H groups in total. The molecule has 1 atom stereocenters. The second-order valence-electron chi connectivity index (χ2n) is 6.88. The van der Waals surface area contributed by atoms with Crippen molar-refractivity contribution in [1.29, 1.82) is 0 Å². The summed E-state index contributed by atoms with van der Waals surface area (Å²) in [4.78, 5) is 12.7. The Morgan fingerprint density at radius 1 is 0.966 bits per heavy atom. The summed E-state index contributed by atoms with van der Waals surface area (Å²) in [5.74, 6) is 2.17. The summed E-state index contributed by atoms with van der Waals surface area (Å²) in [6.07, 6.45) is 1.63. The minimum absolute atomic E-state index is 0.0682. The number of ether oxygens (including phenoxy) is 5. The van der Waals surface area contributed by atoms with Gasteiger partial charge in [0.15, 0.2) is 17.2 Å². The Balaban J connectivity index is 2.41. The zero-order valence-electron chi connectivity index (χ0n) is 17.7. The van der Waals surface area contributed by atoms with Crippen LogP contribution in [0.1, 0.15) is 30.4 Å². The quantitative estimate of drug-likeness (QED) is 0.704. The Labute approximate surface area is 171 Å². The van der Waals surface area contributed by atoms with E-state index in [1.54, 1.807) is 33.5 Å². The molecule has 0 saturated carbocycles. The monoisotopic (exact) mass is 400 g/mol. The summed E-state index contributed by atoms with van der Waals surface area (Å²) in [5, 5.41) is 0. The van der Waals surface area contributed by atoms with Gasteiger partial charge in [-0.2, -0.15) is 0 Å². The molecule has 6 heteroatoms. The van der Waals surface area contributed by atoms with Crippen LogP contribution >= 0.6 is 0 Å². The molecular weight excluding hydrogens is 372 g/mol. The van der Waals surface area contributed by atoms with Gasteiger partial charge in [0.05, 0.1) is 34.5 Å². The van der Waals surface area contributed by atoms with Crippen LogP contribution in [-0.4, -0.2) is 41.7 Å². The summed E-state index contributed by atoms with van der Waals surface area (Å²) < 4.78 is 28.0. The number of hydrogen-bond donors (Lipinski definition) is 0. The minimum atomic E-state index is -0.156. The van der Waals surface area contributed by atoms with Crippen LogP contribution < -0.4 is 24.4 Å². The van der Waals surface area contributed by atoms with Crippen molar-refractivity contribution in [1.82, 2.24) is 0 Å². The van der Waals surface area contributed by atoms with Gasteiger partial charge in [0, 0.05) is 18.6 Å². The lowest BCUT2D eigenvalue weighted by Crippen LogP contribution is -2.09. The van der Waals surface area contributed by atoms with E-state index in [1.807, 2.05) is 19.1 Å². The van der Waals surface area contributed by atoms with Crippen molar-refractivity contribution in [3.63, 3.8) is 0 Å². The molecule has 1 unspecified atom stereocenters. The molecule has 0 spiro atoms. The summed E-state index contributed by atoms with van der Waals surface area (Å²) in [6, 6.07) is 7.31. The van der Waals surface area contributed by atoms with Gasteiger partial charge in [-0.1, -0.05) is 6.07 Å². The highest BCUT2D eigenvalue weighted by molar-refractivity contribution is 5.82. The maximum Gasteiger partial charge on any atom is 0.220 e. The van der Waals surface area contributed by atoms with Gasteiger partial charge in [-0.3, -0.25) is 4.79 Å². The second kappa shape index (κ2) is 9.18. The van der Waals surface area contributed by atoms with Crippen molar-refractivity contribution in [3.05, 3.63) is 45.6 Å². The summed E-state index contributed by atoms with van der Waals surface area (Å²) in [6.45, 7) is 2.92. The van der Waals surface area contributed by atoms with Crippen LogP contribution in [0, 0.1) is 0 Å². The largest absolute Gasteiger partial charge is 0.493 e. The van der Waals surface area contributed by atoms with Gasteiger partial charge in [0.1, 0.15) is 0 Å². The molecule has 0 aromatic heterocycles. The van der Waals surface area contributed by atoms with Crippen molar-refractivity contribution < 1.29 is 23.7 Å². The van der Waals surface area contributed by atoms with Crippen molar-refractivity contribution >= 4 is 0 Å². The number of rotatable bonds is 7. The third-order valence-electron chi connectivity index (χ3n) is 5.30. The molecular formula is C23H28O6. The Hall–Kier alpha value is -2.73. The van der Waals surface area contributed by atoms with E-state index in [4.69, 9.17) is 23.7 Å². The number of methoxy groups -OCH3 is 4. The molecule has 0 saturated heterocycles. The Bertz CT molecular complexity index is 937. The van der Waals surface area contributed by atoms with Crippen LogP contribution in [0.25, 0.3) is 11.1 Å². The zero-order valence-corrected chi connectivity index (χ0v) is 17.7. The number of hydrogen-bond acceptors (Lipinski definition) is 6. The average molecular weight is 400 g/mol. The minimum Gasteiger partial charge on any atom is -0.493 e. The topological polar surface area (TPSA) is 63.2 Å². The van der Waals surface area contributed by atoms with E-state index in [-0.39, 0.29) is 11.3 Å². The Morgan fingerprint density at radius 2 is 1.72 bits per heavy atom. The van der Waals surface area contributed by atoms with E-state index >= 15 is 0 Å². The predicted octanol–water partition coefficient (Wildman–Crippen LogP) is 3.81. The molecule has 0 fully saturated rings. The number of aryl methyl sites for hydroxylation is 1. The van der Waals surface area contributed by atoms with Crippen LogP contribution in [-0.2, 0) is 11.2 Å². The van der Waals surface area contributed by atoms with E-state index in [0.29, 0.717) is 36.2 Å². The highest BCUT2D eigenvalue weighted by Gasteiger charge is 2.29. The molecule has 1 aliphatic carbocycles. The lowest BCUT2D eigenvalue weighted by Gasteiger charge is -2.20. The molecule has 0 bridgehead atoms. The first-order valence-corrected chi connectivity index (χ1v) is 9.71. The first-order valence-electron chi connectivity index (χ1n) is 9.71. The fourth-order valence-corrected chi connectivity index (χ4v) is 4.01. The van der Waals surface area contributed by atoms with Crippen molar-refractivity contribution in [2.75, 3.05) is 41.7 Å². The average Bonchev–Trinajstić information content (AvgIpc) is 2.97. The van der Waals surface area contributed by atoms with Crippen LogP contribution in [0.15, 0.2) is 29.1 Å². The smallest absolute Gasteiger partial charge is 0.220 e. The van der Waals surface area contributed by atoms with Gasteiger partial charge >= 0.3 is 0 Å². The second-order valence-corrected chi connectivity index (χ2v) is 6.88. The molecule has 0 radical (unpaired) electrons. The lowest BCUT2D eigenvalue weighted by molar-refractivity contribution is 0.176. The van der Waals surface area contributed by atoms with Gasteiger partial charge in [0.25, 0.3) is 0 Å². The molecule has 0 heterocycles. The van der Waals surface area contributed by atoms with E-state index in [1.165, 1.54) is 7.11 Å². The van der Waals surface area contributed by atoms with Crippen LogP contribution in [0.4, 0.5) is 0 Å². The third-order valence-corrected chi connectivity index (χ3v) is 5.30. The van der Waals surface area contributed by atoms with Crippen molar-refractivity contribution in [2.24, 2.45) is 0 Å². The molecule has 3 rings (SSSR count). The van der Waals surface area contributed by atoms with Crippen molar-refractivity contribution in [3.8, 4) is 34.1 Å². The SMILES string of the molecule is CCOc1c(OC)c(OC)cc2c1-c1ccc(OC)c(=O)cc1C(COC)CC2. The van der Waals surface area contributed by atoms with Gasteiger partial charge in [-0.25, -0.2) is 0 Å². The molecule has 2 aromatic carbocycles. The molecule has 6 nitrogen and oxygen atoms in total. The van der Waals surface area contributed by atoms with Crippen molar-refractivity contribution in [2.45, 2.75) is 25.7 Å². The first kappa shape index (κ1) is 21.0. The Kier molecular flexibility index (Phi) is 6.64. The van der Waals surface area contributed by atoms with E-state index in [2.05, 4.69) is 0 Å². The lowest BCUT2D eigenvalue weighted by atomic mass is 9.93. The van der Waals surface area contributed by atoms with E-state index < -0.39 is 0 Å². The Morgan fingerprint density at radius 3 is 2.34 bits per heavy atom. The maximum absolute atomic E-state index is 12.7. The predicted molar refractivity (Wildman–Crippen MR) is 112 cm³/mol. The van der Waals surface area contributed by atoms with Crippen LogP contribution in [0.2, 0.25) is 0 Å². The maximum atomic E-state index is 12.7. The number of fused-ring (bicyclic) bond motifs is 3. The van der Waals surface area contributed by atoms with Gasteiger partial charge in [-0.15, -0.1) is 0 Å². The molecule has 0 amide bonds. The third kappa shape index (κ3) is 3.90. The summed E-state index contributed by atoms with van der Waals surface area (Å²) in [5.41, 5.74) is 3.70. The van der Waals surface area contributed by atoms with Crippen LogP contribution in [0.5, 0.6) is 23.0 Å². The molecule has 0 aliphatic heterocycles. The zero-order chi connectivity index (χ0) is 21.0. The fraction of sp³-hybridized carbons (Fsp3) is 0.435. The van der Waals surface area contributed by atoms with Gasteiger partial charge in [-0.05, 0) is 54.7 Å². The molecule has 2 aromatic rings. The molecule has 29 heavy (non-hydrogen) atoms. The van der Waals surface area contributed by atoms with Gasteiger partial charge in [0.2, 0.25) is 11.2 Å². The highest BCUT2D eigenvalue weighted by Crippen LogP contribution is 2.50. The van der Waals surface area contributed by atoms with Crippen LogP contribution in [0.3, 0.4) is 0 Å². The summed E-state index contributed by atoms with van der Waals surface area (Å²) in [7, 11) is 6.40. The normalized spacial score (nSPS) is 15.0. The first-order chi connectivity index (χ1) is 14.1. The molecule has 1 aliphatic rings. The fourth-order valence-electron chi connectivity index (χ4n) is 4.01. The standard InChI is InChI=1S/C23H28O6/c1-6-29-23-21-14(11-20(27-4)22(23)28-5)7-8-15(13-25-2)17-12-18(24)19(26-3)10-9-16(17)21/h9-12,15H,6-8,13H2,1-5H3. The number of benzene rings is 1.